The van der Waals surface area contributed by atoms with Crippen LogP contribution in [0.25, 0.3) is 0 Å². The van der Waals surface area contributed by atoms with Crippen molar-refractivity contribution >= 4 is 25.3 Å². The summed E-state index contributed by atoms with van der Waals surface area (Å²) >= 11 is 5.90. The number of hydrogen-bond donors (Lipinski definition) is 4. The number of nitrogens with one attached hydrogen (secondary N) is 2. The third-order valence-electron chi connectivity index (χ3n) is 5.86. The van der Waals surface area contributed by atoms with E-state index in [1.165, 1.54) is 31.2 Å². The fourth-order valence-corrected chi connectivity index (χ4v) is 5.15. The summed E-state index contributed by atoms with van der Waals surface area (Å²) in [4.78, 5) is 38.2. The van der Waals surface area contributed by atoms with Crippen molar-refractivity contribution in [2.24, 2.45) is 0 Å². The second kappa shape index (κ2) is 12.5. The van der Waals surface area contributed by atoms with Crippen molar-refractivity contribution in [3.63, 3.8) is 0 Å². The summed E-state index contributed by atoms with van der Waals surface area (Å²) < 4.78 is 36.5. The maximum Gasteiger partial charge on any atom is 0.459 e. The number of rotatable bonds is 11. The number of esters is 1. The highest BCUT2D eigenvalue weighted by Crippen LogP contribution is 2.47. The third-order valence-corrected chi connectivity index (χ3v) is 7.76. The molecule has 7 unspecified atom stereocenters. The lowest BCUT2D eigenvalue weighted by molar-refractivity contribution is -0.150. The SMILES string of the molecule is C#CC1(O)C(O)C(COP(=O)(NC(C)C(=O)OC(C)CC)Oc2ccc(Cl)cc2)OC1n1ccc(=O)[nH]c1=O. The summed E-state index contributed by atoms with van der Waals surface area (Å²) in [6.07, 6.45) is 1.76. The first-order chi connectivity index (χ1) is 18.3. The topological polar surface area (TPSA) is 178 Å². The predicted molar refractivity (Wildman–Crippen MR) is 139 cm³/mol. The molecular weight excluding hydrogens is 557 g/mol. The fraction of sp³-hybridized carbons (Fsp3) is 0.458. The van der Waals surface area contributed by atoms with Gasteiger partial charge < -0.3 is 24.2 Å². The molecule has 13 nitrogen and oxygen atoms in total. The smallest absolute Gasteiger partial charge is 0.459 e. The average molecular weight is 586 g/mol. The van der Waals surface area contributed by atoms with Gasteiger partial charge >= 0.3 is 19.4 Å². The Morgan fingerprint density at radius 1 is 1.33 bits per heavy atom. The molecular formula is C24H29ClN3O10P. The first-order valence-electron chi connectivity index (χ1n) is 11.8. The average Bonchev–Trinajstić information content (AvgIpc) is 3.14. The second-order valence-electron chi connectivity index (χ2n) is 8.80. The lowest BCUT2D eigenvalue weighted by Crippen LogP contribution is -2.48. The lowest BCUT2D eigenvalue weighted by atomic mass is 9.95. The Kier molecular flexibility index (Phi) is 9.79. The molecule has 2 heterocycles. The number of hydrogen-bond acceptors (Lipinski definition) is 10. The van der Waals surface area contributed by atoms with E-state index in [0.29, 0.717) is 11.4 Å². The second-order valence-corrected chi connectivity index (χ2v) is 10.9. The van der Waals surface area contributed by atoms with E-state index in [1.54, 1.807) is 6.92 Å². The van der Waals surface area contributed by atoms with Crippen LogP contribution in [-0.2, 0) is 23.4 Å². The molecule has 0 aliphatic carbocycles. The van der Waals surface area contributed by atoms with Crippen molar-refractivity contribution < 1.29 is 38.1 Å². The summed E-state index contributed by atoms with van der Waals surface area (Å²) in [5, 5.41) is 24.6. The Balaban J connectivity index is 1.84. The summed E-state index contributed by atoms with van der Waals surface area (Å²) in [5.74, 6) is 1.36. The number of benzene rings is 1. The van der Waals surface area contributed by atoms with Crippen LogP contribution in [0, 0.1) is 12.3 Å². The zero-order valence-electron chi connectivity index (χ0n) is 21.3. The minimum atomic E-state index is -4.39. The number of ether oxygens (including phenoxy) is 2. The summed E-state index contributed by atoms with van der Waals surface area (Å²) in [5.41, 5.74) is -4.09. The van der Waals surface area contributed by atoms with E-state index in [2.05, 4.69) is 5.09 Å². The number of carbonyl (C=O) groups is 1. The van der Waals surface area contributed by atoms with Crippen LogP contribution in [0.15, 0.2) is 46.1 Å². The molecule has 39 heavy (non-hydrogen) atoms. The maximum absolute atomic E-state index is 13.7. The van der Waals surface area contributed by atoms with Crippen molar-refractivity contribution in [2.75, 3.05) is 6.61 Å². The Hall–Kier alpha value is -2.95. The maximum atomic E-state index is 13.7. The third kappa shape index (κ3) is 7.17. The molecule has 2 aromatic rings. The van der Waals surface area contributed by atoms with E-state index in [1.807, 2.05) is 17.8 Å². The van der Waals surface area contributed by atoms with Gasteiger partial charge in [-0.05, 0) is 44.5 Å². The van der Waals surface area contributed by atoms with E-state index >= 15 is 0 Å². The molecule has 0 spiro atoms. The minimum absolute atomic E-state index is 0.0726. The zero-order valence-corrected chi connectivity index (χ0v) is 22.9. The van der Waals surface area contributed by atoms with Gasteiger partial charge in [0.1, 0.15) is 24.0 Å². The highest BCUT2D eigenvalue weighted by Gasteiger charge is 2.56. The Morgan fingerprint density at radius 2 is 2.00 bits per heavy atom. The zero-order chi connectivity index (χ0) is 29.0. The molecule has 0 saturated carbocycles. The Labute approximate surface area is 228 Å². The van der Waals surface area contributed by atoms with Crippen molar-refractivity contribution in [3.8, 4) is 18.1 Å². The first kappa shape index (κ1) is 30.6. The molecule has 0 amide bonds. The number of carbonyl (C=O) groups excluding carboxylic acids is 1. The van der Waals surface area contributed by atoms with Crippen LogP contribution in [0.2, 0.25) is 5.02 Å². The van der Waals surface area contributed by atoms with E-state index < -0.39 is 67.8 Å². The molecule has 1 aromatic heterocycles. The molecule has 212 valence electrons. The molecule has 0 bridgehead atoms. The molecule has 7 atom stereocenters. The summed E-state index contributed by atoms with van der Waals surface area (Å²) in [6, 6.07) is 5.63. The largest absolute Gasteiger partial charge is 0.462 e. The van der Waals surface area contributed by atoms with E-state index in [4.69, 9.17) is 36.5 Å². The van der Waals surface area contributed by atoms with Gasteiger partial charge in [0.05, 0.1) is 12.7 Å². The Morgan fingerprint density at radius 3 is 2.59 bits per heavy atom. The van der Waals surface area contributed by atoms with Crippen LogP contribution >= 0.6 is 19.3 Å². The van der Waals surface area contributed by atoms with Gasteiger partial charge in [-0.15, -0.1) is 6.42 Å². The number of aromatic amines is 1. The van der Waals surface area contributed by atoms with Gasteiger partial charge in [-0.3, -0.25) is 23.7 Å². The minimum Gasteiger partial charge on any atom is -0.462 e. The van der Waals surface area contributed by atoms with Crippen LogP contribution in [0.3, 0.4) is 0 Å². The van der Waals surface area contributed by atoms with Gasteiger partial charge in [-0.1, -0.05) is 24.4 Å². The van der Waals surface area contributed by atoms with Gasteiger partial charge in [-0.25, -0.2) is 9.36 Å². The highest BCUT2D eigenvalue weighted by molar-refractivity contribution is 7.52. The summed E-state index contributed by atoms with van der Waals surface area (Å²) in [6.45, 7) is 4.24. The van der Waals surface area contributed by atoms with E-state index in [-0.39, 0.29) is 5.75 Å². The quantitative estimate of drug-likeness (QED) is 0.170. The molecule has 3 rings (SSSR count). The fourth-order valence-electron chi connectivity index (χ4n) is 3.52. The molecule has 1 saturated heterocycles. The number of aliphatic hydroxyl groups excluding tert-OH is 1. The number of terminal acetylenes is 1. The van der Waals surface area contributed by atoms with Crippen LogP contribution < -0.4 is 20.9 Å². The monoisotopic (exact) mass is 585 g/mol. The van der Waals surface area contributed by atoms with Crippen LogP contribution in [0.4, 0.5) is 0 Å². The van der Waals surface area contributed by atoms with E-state index in [0.717, 1.165) is 16.8 Å². The molecule has 0 radical (unpaired) electrons. The normalized spacial score (nSPS) is 25.7. The van der Waals surface area contributed by atoms with Crippen molar-refractivity contribution in [1.29, 1.82) is 0 Å². The summed E-state index contributed by atoms with van der Waals surface area (Å²) in [7, 11) is -4.39. The predicted octanol–water partition coefficient (Wildman–Crippen LogP) is 1.34. The highest BCUT2D eigenvalue weighted by atomic mass is 35.5. The number of aromatic nitrogens is 2. The van der Waals surface area contributed by atoms with Crippen molar-refractivity contribution in [3.05, 3.63) is 62.4 Å². The molecule has 1 aromatic carbocycles. The molecule has 15 heteroatoms. The van der Waals surface area contributed by atoms with Crippen molar-refractivity contribution in [2.45, 2.75) is 63.4 Å². The Bertz CT molecular complexity index is 1370. The van der Waals surface area contributed by atoms with Gasteiger partial charge in [0.15, 0.2) is 11.8 Å². The molecule has 1 aliphatic rings. The van der Waals surface area contributed by atoms with Gasteiger partial charge in [0, 0.05) is 17.3 Å². The van der Waals surface area contributed by atoms with E-state index in [9.17, 15) is 29.2 Å². The van der Waals surface area contributed by atoms with Crippen LogP contribution in [-0.4, -0.2) is 62.3 Å². The molecule has 4 N–H and O–H groups in total. The number of aliphatic hydroxyl groups is 2. The van der Waals surface area contributed by atoms with Gasteiger partial charge in [-0.2, -0.15) is 5.09 Å². The van der Waals surface area contributed by atoms with Gasteiger partial charge in [0.25, 0.3) is 5.56 Å². The first-order valence-corrected chi connectivity index (χ1v) is 13.8. The van der Waals surface area contributed by atoms with Crippen LogP contribution in [0.5, 0.6) is 5.75 Å². The van der Waals surface area contributed by atoms with Crippen molar-refractivity contribution in [1.82, 2.24) is 14.6 Å². The number of H-pyrrole nitrogens is 1. The molecule has 1 aliphatic heterocycles. The molecule has 1 fully saturated rings. The standard InChI is InChI=1S/C24H29ClN3O10P/c1-5-14(3)36-21(31)15(4)27-39(34,38-17-9-7-16(25)8-10-17)35-13-18-20(30)24(33,6-2)22(37-18)28-12-11-19(29)26-23(28)32/h2,7-12,14-15,18,20,22,30,33H,5,13H2,1,3-4H3,(H,27,34)(H,26,29,32). The number of nitrogens with zero attached hydrogens (tertiary/aromatic N) is 1. The lowest BCUT2D eigenvalue weighted by Gasteiger charge is -2.26. The van der Waals surface area contributed by atoms with Gasteiger partial charge in [0.2, 0.25) is 0 Å². The number of halogens is 1. The van der Waals surface area contributed by atoms with Crippen LogP contribution in [0.1, 0.15) is 33.4 Å².